The molecule has 4 heteroatoms. The molecule has 2 rings (SSSR count). The minimum atomic E-state index is -0.571. The Labute approximate surface area is 127 Å². The number of β-amino-alcohol motifs (C(OH)–C–C–N with tert-alkyl or cyclic N) is 1. The molecule has 1 aromatic carbocycles. The van der Waals surface area contributed by atoms with Crippen LogP contribution in [0.25, 0.3) is 0 Å². The van der Waals surface area contributed by atoms with Gasteiger partial charge in [0.1, 0.15) is 0 Å². The Morgan fingerprint density at radius 3 is 2.57 bits per heavy atom. The summed E-state index contributed by atoms with van der Waals surface area (Å²) in [6.45, 7) is 5.72. The van der Waals surface area contributed by atoms with Crippen LogP contribution in [0.3, 0.4) is 0 Å². The standard InChI is InChI=1S/C17H26N2O2/c1-4-10-17(21)12-19(13-17)11-16(20)18(3)14(2)15-8-6-5-7-9-15/h5-9,14,21H,4,10-13H2,1-3H3. The number of benzene rings is 1. The van der Waals surface area contributed by atoms with Crippen molar-refractivity contribution >= 4 is 5.91 Å². The third-order valence-corrected chi connectivity index (χ3v) is 4.37. The molecule has 0 aliphatic carbocycles. The Kier molecular flexibility index (Phi) is 5.01. The first-order chi connectivity index (χ1) is 9.95. The molecule has 0 bridgehead atoms. The van der Waals surface area contributed by atoms with E-state index in [1.54, 1.807) is 4.90 Å². The zero-order valence-corrected chi connectivity index (χ0v) is 13.2. The fourth-order valence-corrected chi connectivity index (χ4v) is 3.00. The fraction of sp³-hybridized carbons (Fsp3) is 0.588. The average Bonchev–Trinajstić information content (AvgIpc) is 2.45. The van der Waals surface area contributed by atoms with Crippen LogP contribution in [0.2, 0.25) is 0 Å². The summed E-state index contributed by atoms with van der Waals surface area (Å²) < 4.78 is 0. The first-order valence-corrected chi connectivity index (χ1v) is 7.70. The first kappa shape index (κ1) is 16.0. The highest BCUT2D eigenvalue weighted by molar-refractivity contribution is 5.78. The molecule has 1 saturated heterocycles. The molecule has 1 atom stereocenters. The van der Waals surface area contributed by atoms with Gasteiger partial charge in [0.25, 0.3) is 0 Å². The SMILES string of the molecule is CCCC1(O)CN(CC(=O)N(C)C(C)c2ccccc2)C1. The van der Waals surface area contributed by atoms with Gasteiger partial charge in [0.15, 0.2) is 0 Å². The van der Waals surface area contributed by atoms with Crippen LogP contribution >= 0.6 is 0 Å². The summed E-state index contributed by atoms with van der Waals surface area (Å²) >= 11 is 0. The number of hydrogen-bond acceptors (Lipinski definition) is 3. The average molecular weight is 290 g/mol. The quantitative estimate of drug-likeness (QED) is 0.872. The molecular formula is C17H26N2O2. The van der Waals surface area contributed by atoms with Crippen LogP contribution in [0.15, 0.2) is 30.3 Å². The molecule has 1 aromatic rings. The van der Waals surface area contributed by atoms with Crippen LogP contribution in [0, 0.1) is 0 Å². The van der Waals surface area contributed by atoms with Gasteiger partial charge in [-0.05, 0) is 18.9 Å². The molecule has 4 nitrogen and oxygen atoms in total. The summed E-state index contributed by atoms with van der Waals surface area (Å²) in [5.41, 5.74) is 0.568. The number of likely N-dealkylation sites (tertiary alicyclic amines) is 1. The predicted octanol–water partition coefficient (Wildman–Crippen LogP) is 2.05. The van der Waals surface area contributed by atoms with E-state index >= 15 is 0 Å². The van der Waals surface area contributed by atoms with Gasteiger partial charge in [-0.3, -0.25) is 9.69 Å². The van der Waals surface area contributed by atoms with E-state index in [0.717, 1.165) is 18.4 Å². The van der Waals surface area contributed by atoms with E-state index in [4.69, 9.17) is 0 Å². The molecule has 0 saturated carbocycles. The summed E-state index contributed by atoms with van der Waals surface area (Å²) in [7, 11) is 1.85. The van der Waals surface area contributed by atoms with Crippen molar-refractivity contribution in [1.29, 1.82) is 0 Å². The number of nitrogens with zero attached hydrogens (tertiary/aromatic N) is 2. The van der Waals surface area contributed by atoms with Crippen molar-refractivity contribution in [2.24, 2.45) is 0 Å². The van der Waals surface area contributed by atoms with Gasteiger partial charge >= 0.3 is 0 Å². The zero-order valence-electron chi connectivity index (χ0n) is 13.2. The van der Waals surface area contributed by atoms with Crippen LogP contribution in [-0.2, 0) is 4.79 Å². The number of hydrogen-bond donors (Lipinski definition) is 1. The number of amides is 1. The van der Waals surface area contributed by atoms with Gasteiger partial charge in [0.05, 0.1) is 18.2 Å². The van der Waals surface area contributed by atoms with E-state index in [-0.39, 0.29) is 11.9 Å². The summed E-state index contributed by atoms with van der Waals surface area (Å²) in [6, 6.07) is 10.1. The Morgan fingerprint density at radius 1 is 1.38 bits per heavy atom. The molecule has 1 aliphatic rings. The van der Waals surface area contributed by atoms with E-state index in [1.165, 1.54) is 0 Å². The lowest BCUT2D eigenvalue weighted by Gasteiger charge is -2.46. The Bertz CT molecular complexity index is 469. The predicted molar refractivity (Wildman–Crippen MR) is 83.9 cm³/mol. The summed E-state index contributed by atoms with van der Waals surface area (Å²) in [6.07, 6.45) is 1.79. The van der Waals surface area contributed by atoms with E-state index in [1.807, 2.05) is 49.2 Å². The lowest BCUT2D eigenvalue weighted by molar-refractivity contribution is -0.143. The van der Waals surface area contributed by atoms with Gasteiger partial charge in [0, 0.05) is 20.1 Å². The Balaban J connectivity index is 1.84. The van der Waals surface area contributed by atoms with Crippen LogP contribution in [0.5, 0.6) is 0 Å². The molecule has 0 radical (unpaired) electrons. The van der Waals surface area contributed by atoms with Crippen LogP contribution in [0.4, 0.5) is 0 Å². The molecule has 1 aliphatic heterocycles. The zero-order chi connectivity index (χ0) is 15.5. The van der Waals surface area contributed by atoms with Crippen molar-refractivity contribution in [3.8, 4) is 0 Å². The summed E-state index contributed by atoms with van der Waals surface area (Å²) in [5, 5.41) is 10.2. The van der Waals surface area contributed by atoms with Crippen molar-refractivity contribution in [3.05, 3.63) is 35.9 Å². The molecule has 21 heavy (non-hydrogen) atoms. The van der Waals surface area contributed by atoms with E-state index < -0.39 is 5.60 Å². The molecule has 1 N–H and O–H groups in total. The smallest absolute Gasteiger partial charge is 0.236 e. The first-order valence-electron chi connectivity index (χ1n) is 7.70. The van der Waals surface area contributed by atoms with Crippen molar-refractivity contribution in [1.82, 2.24) is 9.80 Å². The van der Waals surface area contributed by atoms with Crippen LogP contribution in [-0.4, -0.2) is 53.1 Å². The van der Waals surface area contributed by atoms with Crippen molar-refractivity contribution in [2.45, 2.75) is 38.3 Å². The highest BCUT2D eigenvalue weighted by Crippen LogP contribution is 2.26. The third kappa shape index (κ3) is 3.83. The molecule has 0 spiro atoms. The highest BCUT2D eigenvalue weighted by atomic mass is 16.3. The van der Waals surface area contributed by atoms with Crippen LogP contribution < -0.4 is 0 Å². The minimum absolute atomic E-state index is 0.0644. The lowest BCUT2D eigenvalue weighted by Crippen LogP contribution is -2.63. The molecule has 0 aromatic heterocycles. The monoisotopic (exact) mass is 290 g/mol. The second-order valence-electron chi connectivity index (χ2n) is 6.21. The van der Waals surface area contributed by atoms with Gasteiger partial charge < -0.3 is 10.0 Å². The van der Waals surface area contributed by atoms with E-state index in [9.17, 15) is 9.90 Å². The maximum Gasteiger partial charge on any atom is 0.236 e. The van der Waals surface area contributed by atoms with Crippen molar-refractivity contribution in [3.63, 3.8) is 0 Å². The molecule has 1 heterocycles. The van der Waals surface area contributed by atoms with Gasteiger partial charge in [-0.2, -0.15) is 0 Å². The van der Waals surface area contributed by atoms with Gasteiger partial charge in [-0.25, -0.2) is 0 Å². The summed E-state index contributed by atoms with van der Waals surface area (Å²) in [5.74, 6) is 0.102. The lowest BCUT2D eigenvalue weighted by atomic mass is 9.89. The molecular weight excluding hydrogens is 264 g/mol. The van der Waals surface area contributed by atoms with Gasteiger partial charge in [0.2, 0.25) is 5.91 Å². The second-order valence-corrected chi connectivity index (χ2v) is 6.21. The topological polar surface area (TPSA) is 43.8 Å². The highest BCUT2D eigenvalue weighted by Gasteiger charge is 2.41. The molecule has 1 fully saturated rings. The molecule has 1 unspecified atom stereocenters. The van der Waals surface area contributed by atoms with Gasteiger partial charge in [-0.1, -0.05) is 43.7 Å². The largest absolute Gasteiger partial charge is 0.387 e. The normalized spacial score (nSPS) is 18.9. The number of carbonyl (C=O) groups excluding carboxylic acids is 1. The number of aliphatic hydroxyl groups is 1. The maximum atomic E-state index is 12.3. The van der Waals surface area contributed by atoms with E-state index in [2.05, 4.69) is 6.92 Å². The number of carbonyl (C=O) groups is 1. The maximum absolute atomic E-state index is 12.3. The Hall–Kier alpha value is -1.39. The number of likely N-dealkylation sites (N-methyl/N-ethyl adjacent to an activating group) is 1. The van der Waals surface area contributed by atoms with Gasteiger partial charge in [-0.15, -0.1) is 0 Å². The fourth-order valence-electron chi connectivity index (χ4n) is 3.00. The van der Waals surface area contributed by atoms with Crippen molar-refractivity contribution < 1.29 is 9.90 Å². The molecule has 116 valence electrons. The third-order valence-electron chi connectivity index (χ3n) is 4.37. The summed E-state index contributed by atoms with van der Waals surface area (Å²) in [4.78, 5) is 16.1. The second kappa shape index (κ2) is 6.58. The Morgan fingerprint density at radius 2 is 2.00 bits per heavy atom. The molecule has 1 amide bonds. The van der Waals surface area contributed by atoms with Crippen molar-refractivity contribution in [2.75, 3.05) is 26.7 Å². The van der Waals surface area contributed by atoms with E-state index in [0.29, 0.717) is 19.6 Å². The number of rotatable bonds is 6. The van der Waals surface area contributed by atoms with Crippen LogP contribution in [0.1, 0.15) is 38.3 Å². The minimum Gasteiger partial charge on any atom is -0.387 e.